The number of nitrogen functional groups attached to an aromatic ring is 1. The standard InChI is InChI=1S/C19H25N5/c1-13-12-24(10-9-21-13)18-16-8-7-15(14-5-3-2-4-6-14)11-17(16)22-19(20)23-18/h2-6,13,15,21H,7-12H2,1H3,(H2,20,22,23). The average Bonchev–Trinajstić information content (AvgIpc) is 2.61. The van der Waals surface area contributed by atoms with E-state index in [1.807, 2.05) is 0 Å². The Labute approximate surface area is 143 Å². The van der Waals surface area contributed by atoms with Crippen molar-refractivity contribution in [1.82, 2.24) is 15.3 Å². The first-order chi connectivity index (χ1) is 11.7. The molecule has 24 heavy (non-hydrogen) atoms. The molecule has 2 aliphatic rings. The number of nitrogens with one attached hydrogen (secondary N) is 1. The molecule has 1 aromatic carbocycles. The van der Waals surface area contributed by atoms with Crippen molar-refractivity contribution in [3.63, 3.8) is 0 Å². The molecule has 5 heteroatoms. The third-order valence-electron chi connectivity index (χ3n) is 5.21. The van der Waals surface area contributed by atoms with Gasteiger partial charge in [0.15, 0.2) is 0 Å². The zero-order valence-electron chi connectivity index (χ0n) is 14.2. The Morgan fingerprint density at radius 2 is 2.04 bits per heavy atom. The van der Waals surface area contributed by atoms with Crippen LogP contribution in [0.5, 0.6) is 0 Å². The number of piperazine rings is 1. The average molecular weight is 323 g/mol. The highest BCUT2D eigenvalue weighted by molar-refractivity contribution is 5.54. The third kappa shape index (κ3) is 2.96. The summed E-state index contributed by atoms with van der Waals surface area (Å²) in [6.07, 6.45) is 3.14. The molecule has 3 N–H and O–H groups in total. The minimum absolute atomic E-state index is 0.406. The normalized spacial score (nSPS) is 23.8. The van der Waals surface area contributed by atoms with E-state index < -0.39 is 0 Å². The van der Waals surface area contributed by atoms with Crippen molar-refractivity contribution in [2.24, 2.45) is 0 Å². The summed E-state index contributed by atoms with van der Waals surface area (Å²) in [5, 5.41) is 3.49. The predicted molar refractivity (Wildman–Crippen MR) is 97.3 cm³/mol. The van der Waals surface area contributed by atoms with Gasteiger partial charge in [0, 0.05) is 31.2 Å². The lowest BCUT2D eigenvalue weighted by Crippen LogP contribution is -2.50. The van der Waals surface area contributed by atoms with Crippen LogP contribution in [0.2, 0.25) is 0 Å². The molecule has 2 atom stereocenters. The number of hydrogen-bond acceptors (Lipinski definition) is 5. The first-order valence-electron chi connectivity index (χ1n) is 8.89. The number of benzene rings is 1. The summed E-state index contributed by atoms with van der Waals surface area (Å²) in [6, 6.07) is 11.2. The Kier molecular flexibility index (Phi) is 4.10. The summed E-state index contributed by atoms with van der Waals surface area (Å²) in [7, 11) is 0. The lowest BCUT2D eigenvalue weighted by atomic mass is 9.82. The number of rotatable bonds is 2. The van der Waals surface area contributed by atoms with Crippen LogP contribution >= 0.6 is 0 Å². The van der Waals surface area contributed by atoms with Crippen LogP contribution in [0.4, 0.5) is 11.8 Å². The van der Waals surface area contributed by atoms with Crippen molar-refractivity contribution in [2.45, 2.75) is 38.1 Å². The van der Waals surface area contributed by atoms with Crippen LogP contribution in [0.1, 0.15) is 36.1 Å². The minimum Gasteiger partial charge on any atom is -0.368 e. The van der Waals surface area contributed by atoms with Gasteiger partial charge in [-0.25, -0.2) is 4.98 Å². The lowest BCUT2D eigenvalue weighted by molar-refractivity contribution is 0.478. The second kappa shape index (κ2) is 6.40. The number of anilines is 2. The summed E-state index contributed by atoms with van der Waals surface area (Å²) in [4.78, 5) is 11.6. The molecule has 2 unspecified atom stereocenters. The molecule has 1 aliphatic carbocycles. The minimum atomic E-state index is 0.406. The zero-order valence-corrected chi connectivity index (χ0v) is 14.2. The molecule has 4 rings (SSSR count). The van der Waals surface area contributed by atoms with Gasteiger partial charge < -0.3 is 16.0 Å². The van der Waals surface area contributed by atoms with Crippen molar-refractivity contribution in [3.8, 4) is 0 Å². The number of hydrogen-bond donors (Lipinski definition) is 2. The molecule has 0 amide bonds. The molecular weight excluding hydrogens is 298 g/mol. The third-order valence-corrected chi connectivity index (χ3v) is 5.21. The Bertz CT molecular complexity index is 715. The fourth-order valence-electron chi connectivity index (χ4n) is 4.01. The van der Waals surface area contributed by atoms with E-state index in [9.17, 15) is 0 Å². The van der Waals surface area contributed by atoms with Gasteiger partial charge in [-0.1, -0.05) is 30.3 Å². The SMILES string of the molecule is CC1CN(c2nc(N)nc3c2CCC(c2ccccc2)C3)CCN1. The summed E-state index contributed by atoms with van der Waals surface area (Å²) in [5.41, 5.74) is 9.90. The van der Waals surface area contributed by atoms with Gasteiger partial charge in [-0.3, -0.25) is 0 Å². The fourth-order valence-corrected chi connectivity index (χ4v) is 4.01. The van der Waals surface area contributed by atoms with Gasteiger partial charge >= 0.3 is 0 Å². The molecule has 0 radical (unpaired) electrons. The van der Waals surface area contributed by atoms with E-state index in [2.05, 4.69) is 57.4 Å². The van der Waals surface area contributed by atoms with Crippen molar-refractivity contribution < 1.29 is 0 Å². The number of nitrogens with two attached hydrogens (primary N) is 1. The quantitative estimate of drug-likeness (QED) is 0.886. The number of fused-ring (bicyclic) bond motifs is 1. The lowest BCUT2D eigenvalue weighted by Gasteiger charge is -2.35. The Morgan fingerprint density at radius 3 is 2.83 bits per heavy atom. The molecule has 1 saturated heterocycles. The first kappa shape index (κ1) is 15.4. The van der Waals surface area contributed by atoms with Crippen LogP contribution in [-0.4, -0.2) is 35.6 Å². The zero-order chi connectivity index (χ0) is 16.5. The van der Waals surface area contributed by atoms with Gasteiger partial charge in [-0.05, 0) is 37.7 Å². The highest BCUT2D eigenvalue weighted by Crippen LogP contribution is 2.36. The smallest absolute Gasteiger partial charge is 0.222 e. The molecule has 126 valence electrons. The Balaban J connectivity index is 1.65. The van der Waals surface area contributed by atoms with Gasteiger partial charge in [0.2, 0.25) is 5.95 Å². The van der Waals surface area contributed by atoms with E-state index in [1.54, 1.807) is 0 Å². The maximum Gasteiger partial charge on any atom is 0.222 e. The van der Waals surface area contributed by atoms with Gasteiger partial charge in [-0.15, -0.1) is 0 Å². The molecule has 1 fully saturated rings. The molecule has 0 saturated carbocycles. The van der Waals surface area contributed by atoms with E-state index in [-0.39, 0.29) is 0 Å². The molecular formula is C19H25N5. The van der Waals surface area contributed by atoms with Gasteiger partial charge in [0.25, 0.3) is 0 Å². The van der Waals surface area contributed by atoms with E-state index in [0.717, 1.165) is 50.4 Å². The molecule has 2 heterocycles. The van der Waals surface area contributed by atoms with Crippen LogP contribution in [0.3, 0.4) is 0 Å². The van der Waals surface area contributed by atoms with Gasteiger partial charge in [0.1, 0.15) is 5.82 Å². The van der Waals surface area contributed by atoms with Crippen LogP contribution in [-0.2, 0) is 12.8 Å². The molecule has 2 aromatic rings. The second-order valence-corrected chi connectivity index (χ2v) is 6.98. The van der Waals surface area contributed by atoms with Gasteiger partial charge in [0.05, 0.1) is 5.69 Å². The molecule has 1 aliphatic heterocycles. The maximum absolute atomic E-state index is 6.04. The van der Waals surface area contributed by atoms with E-state index >= 15 is 0 Å². The van der Waals surface area contributed by atoms with Gasteiger partial charge in [-0.2, -0.15) is 4.98 Å². The summed E-state index contributed by atoms with van der Waals surface area (Å²) in [6.45, 7) is 5.17. The van der Waals surface area contributed by atoms with E-state index in [1.165, 1.54) is 11.1 Å². The highest BCUT2D eigenvalue weighted by atomic mass is 15.3. The van der Waals surface area contributed by atoms with Crippen molar-refractivity contribution in [3.05, 3.63) is 47.2 Å². The summed E-state index contributed by atoms with van der Waals surface area (Å²) in [5.74, 6) is 2.00. The first-order valence-corrected chi connectivity index (χ1v) is 8.89. The van der Waals surface area contributed by atoms with Crippen molar-refractivity contribution >= 4 is 11.8 Å². The van der Waals surface area contributed by atoms with Crippen LogP contribution in [0.25, 0.3) is 0 Å². The molecule has 1 aromatic heterocycles. The van der Waals surface area contributed by atoms with Crippen LogP contribution in [0.15, 0.2) is 30.3 Å². The molecule has 5 nitrogen and oxygen atoms in total. The van der Waals surface area contributed by atoms with Crippen LogP contribution < -0.4 is 16.0 Å². The van der Waals surface area contributed by atoms with E-state index in [4.69, 9.17) is 5.73 Å². The fraction of sp³-hybridized carbons (Fsp3) is 0.474. The second-order valence-electron chi connectivity index (χ2n) is 6.98. The molecule has 0 bridgehead atoms. The Morgan fingerprint density at radius 1 is 1.21 bits per heavy atom. The molecule has 0 spiro atoms. The summed E-state index contributed by atoms with van der Waals surface area (Å²) < 4.78 is 0. The van der Waals surface area contributed by atoms with E-state index in [0.29, 0.717) is 17.9 Å². The summed E-state index contributed by atoms with van der Waals surface area (Å²) >= 11 is 0. The Hall–Kier alpha value is -2.14. The largest absolute Gasteiger partial charge is 0.368 e. The number of aromatic nitrogens is 2. The predicted octanol–water partition coefficient (Wildman–Crippen LogP) is 2.13. The topological polar surface area (TPSA) is 67.1 Å². The maximum atomic E-state index is 6.04. The van der Waals surface area contributed by atoms with Crippen LogP contribution in [0, 0.1) is 0 Å². The van der Waals surface area contributed by atoms with Crippen molar-refractivity contribution in [2.75, 3.05) is 30.3 Å². The highest BCUT2D eigenvalue weighted by Gasteiger charge is 2.28. The van der Waals surface area contributed by atoms with Crippen molar-refractivity contribution in [1.29, 1.82) is 0 Å². The number of nitrogens with zero attached hydrogens (tertiary/aromatic N) is 3. The monoisotopic (exact) mass is 323 g/mol.